The van der Waals surface area contributed by atoms with Gasteiger partial charge in [-0.2, -0.15) is 0 Å². The van der Waals surface area contributed by atoms with Gasteiger partial charge in [0, 0.05) is 0 Å². The number of aliphatic hydroxyl groups excluding tert-OH is 11. The van der Waals surface area contributed by atoms with Crippen LogP contribution in [0.3, 0.4) is 0 Å². The van der Waals surface area contributed by atoms with Gasteiger partial charge in [-0.25, -0.2) is 0 Å². The normalized spacial score (nSPS) is 20.2. The van der Waals surface area contributed by atoms with Gasteiger partial charge in [-0.1, -0.05) is 0 Å². The summed E-state index contributed by atoms with van der Waals surface area (Å²) in [6.45, 7) is -1.76. The Morgan fingerprint density at radius 1 is 0.552 bits per heavy atom. The molecule has 0 bridgehead atoms. The van der Waals surface area contributed by atoms with Crippen molar-refractivity contribution in [1.82, 2.24) is 0 Å². The summed E-state index contributed by atoms with van der Waals surface area (Å²) >= 11 is 0. The number of aliphatic hydroxyl groups is 11. The molecule has 0 rings (SSSR count). The second-order valence-electron chi connectivity index (χ2n) is 5.48. The van der Waals surface area contributed by atoms with Crippen LogP contribution in [0.2, 0.25) is 0 Å². The maximum absolute atomic E-state index is 10.1. The average molecular weight is 445 g/mol. The smallest absolute Gasteiger partial charge is 0.547 e. The van der Waals surface area contributed by atoms with Gasteiger partial charge >= 0.3 is 23.1 Å². The third-order valence-electron chi connectivity index (χ3n) is 3.34. The van der Waals surface area contributed by atoms with Crippen LogP contribution in [0.15, 0.2) is 0 Å². The molecule has 11 N–H and O–H groups in total. The minimum Gasteiger partial charge on any atom is -0.547 e. The SMILES string of the molecule is O=C([O-])[C@H](O)[C@@H](O)[C@H](O)[C@H](O)CO.O=C([O-])[C@H](O)[C@@H](O)[C@H](O)[C@H](O)[C@H](O)CO.[Mg+2]. The summed E-state index contributed by atoms with van der Waals surface area (Å²) in [6, 6.07) is 0. The molecule has 0 aromatic carbocycles. The molecule has 29 heavy (non-hydrogen) atoms. The molecule has 0 unspecified atom stereocenters. The van der Waals surface area contributed by atoms with E-state index in [1.807, 2.05) is 0 Å². The molecule has 0 heterocycles. The van der Waals surface area contributed by atoms with E-state index in [-0.39, 0.29) is 23.1 Å². The summed E-state index contributed by atoms with van der Waals surface area (Å²) in [7, 11) is 0. The van der Waals surface area contributed by atoms with Crippen LogP contribution in [0.1, 0.15) is 0 Å². The molecule has 0 aromatic rings. The molecule has 0 spiro atoms. The number of hydrogen-bond donors (Lipinski definition) is 11. The van der Waals surface area contributed by atoms with Crippen molar-refractivity contribution in [3.8, 4) is 0 Å². The van der Waals surface area contributed by atoms with Gasteiger partial charge in [0.15, 0.2) is 0 Å². The minimum absolute atomic E-state index is 0. The molecule has 0 aromatic heterocycles. The molecule has 15 nitrogen and oxygen atoms in total. The second kappa shape index (κ2) is 16.0. The zero-order valence-corrected chi connectivity index (χ0v) is 16.3. The predicted molar refractivity (Wildman–Crippen MR) is 84.0 cm³/mol. The van der Waals surface area contributed by atoms with Gasteiger partial charge in [0.05, 0.1) is 25.2 Å². The fraction of sp³-hybridized carbons (Fsp3) is 0.846. The molecule has 0 saturated heterocycles. The van der Waals surface area contributed by atoms with Crippen molar-refractivity contribution < 1.29 is 76.0 Å². The van der Waals surface area contributed by atoms with Crippen LogP contribution in [-0.2, 0) is 9.59 Å². The van der Waals surface area contributed by atoms with Crippen molar-refractivity contribution in [2.24, 2.45) is 0 Å². The number of hydrogen-bond acceptors (Lipinski definition) is 15. The first kappa shape index (κ1) is 32.9. The van der Waals surface area contributed by atoms with Gasteiger partial charge in [0.25, 0.3) is 0 Å². The van der Waals surface area contributed by atoms with E-state index in [2.05, 4.69) is 0 Å². The Balaban J connectivity index is -0.000000455. The summed E-state index contributed by atoms with van der Waals surface area (Å²) in [5, 5.41) is 117. The molecule has 9 atom stereocenters. The number of carbonyl (C=O) groups excluding carboxylic acids is 2. The van der Waals surface area contributed by atoms with E-state index >= 15 is 0 Å². The van der Waals surface area contributed by atoms with E-state index in [0.29, 0.717) is 0 Å². The maximum Gasteiger partial charge on any atom is 2.00 e. The largest absolute Gasteiger partial charge is 2.00 e. The number of carbonyl (C=O) groups is 2. The van der Waals surface area contributed by atoms with Crippen molar-refractivity contribution in [3.63, 3.8) is 0 Å². The minimum atomic E-state index is -2.40. The number of rotatable bonds is 11. The number of aliphatic carboxylic acids is 2. The van der Waals surface area contributed by atoms with Crippen LogP contribution in [0.5, 0.6) is 0 Å². The van der Waals surface area contributed by atoms with Crippen LogP contribution >= 0.6 is 0 Å². The van der Waals surface area contributed by atoms with Crippen LogP contribution < -0.4 is 10.2 Å². The van der Waals surface area contributed by atoms with Crippen molar-refractivity contribution in [3.05, 3.63) is 0 Å². The average Bonchev–Trinajstić information content (AvgIpc) is 2.68. The van der Waals surface area contributed by atoms with Crippen LogP contribution in [0, 0.1) is 0 Å². The van der Waals surface area contributed by atoms with Gasteiger partial charge in [0.1, 0.15) is 54.9 Å². The summed E-state index contributed by atoms with van der Waals surface area (Å²) < 4.78 is 0. The van der Waals surface area contributed by atoms with Gasteiger partial charge in [-0.05, 0) is 0 Å². The summed E-state index contributed by atoms with van der Waals surface area (Å²) in [5.41, 5.74) is 0. The second-order valence-corrected chi connectivity index (χ2v) is 5.48. The molecule has 168 valence electrons. The summed E-state index contributed by atoms with van der Waals surface area (Å²) in [5.74, 6) is -4.01. The Morgan fingerprint density at radius 3 is 1.03 bits per heavy atom. The Hall–Kier alpha value is -0.734. The molecular formula is C13H24MgO15. The molecular weight excluding hydrogens is 420 g/mol. The fourth-order valence-corrected chi connectivity index (χ4v) is 1.53. The molecule has 0 radical (unpaired) electrons. The third-order valence-corrected chi connectivity index (χ3v) is 3.34. The van der Waals surface area contributed by atoms with E-state index in [4.69, 9.17) is 56.2 Å². The molecule has 0 amide bonds. The van der Waals surface area contributed by atoms with Crippen molar-refractivity contribution in [2.75, 3.05) is 13.2 Å². The predicted octanol–water partition coefficient (Wildman–Crippen LogP) is -10.7. The zero-order valence-electron chi connectivity index (χ0n) is 14.9. The maximum atomic E-state index is 10.1. The standard InChI is InChI=1S/C7H14O8.C6H12O7.Mg/c8-1-2(9)3(10)4(11)5(12)6(13)7(14)15;7-1-2(8)3(9)4(10)5(11)6(12)13;/h2-6,8-13H,1H2,(H,14,15);2-5,7-11H,1H2,(H,12,13);/q;;+2/p-2/t2-,3-,4-,5+,6-;2-,3-,4+,5-;/m11./s1. The topological polar surface area (TPSA) is 303 Å². The zero-order chi connectivity index (χ0) is 22.8. The van der Waals surface area contributed by atoms with Crippen LogP contribution in [0.4, 0.5) is 0 Å². The van der Waals surface area contributed by atoms with Crippen molar-refractivity contribution >= 4 is 35.0 Å². The fourth-order valence-electron chi connectivity index (χ4n) is 1.53. The van der Waals surface area contributed by atoms with Crippen molar-refractivity contribution in [2.45, 2.75) is 54.9 Å². The van der Waals surface area contributed by atoms with Gasteiger partial charge in [-0.3, -0.25) is 0 Å². The molecule has 16 heteroatoms. The Labute approximate surface area is 179 Å². The quantitative estimate of drug-likeness (QED) is 0.132. The first-order valence-corrected chi connectivity index (χ1v) is 7.50. The number of carboxylic acids is 2. The molecule has 0 aliphatic carbocycles. The van der Waals surface area contributed by atoms with Gasteiger partial charge < -0.3 is 76.0 Å². The van der Waals surface area contributed by atoms with E-state index in [1.165, 1.54) is 0 Å². The van der Waals surface area contributed by atoms with Crippen molar-refractivity contribution in [1.29, 1.82) is 0 Å². The van der Waals surface area contributed by atoms with E-state index in [0.717, 1.165) is 0 Å². The van der Waals surface area contributed by atoms with Crippen LogP contribution in [0.25, 0.3) is 0 Å². The number of carboxylic acid groups (broad SMARTS) is 2. The Bertz CT molecular complexity index is 465. The van der Waals surface area contributed by atoms with E-state index in [1.54, 1.807) is 0 Å². The van der Waals surface area contributed by atoms with E-state index < -0.39 is 80.1 Å². The molecule has 0 saturated carbocycles. The summed E-state index contributed by atoms with van der Waals surface area (Å²) in [6.07, 6.45) is -18.6. The molecule has 0 aliphatic heterocycles. The summed E-state index contributed by atoms with van der Waals surface area (Å²) in [4.78, 5) is 20.1. The third kappa shape index (κ3) is 11.3. The first-order chi connectivity index (χ1) is 12.7. The van der Waals surface area contributed by atoms with Gasteiger partial charge in [-0.15, -0.1) is 0 Å². The van der Waals surface area contributed by atoms with E-state index in [9.17, 15) is 19.8 Å². The monoisotopic (exact) mass is 444 g/mol. The van der Waals surface area contributed by atoms with Gasteiger partial charge in [0.2, 0.25) is 0 Å². The Morgan fingerprint density at radius 2 is 0.793 bits per heavy atom. The molecule has 0 fully saturated rings. The Kier molecular flexibility index (Phi) is 18.2. The first-order valence-electron chi connectivity index (χ1n) is 7.50. The van der Waals surface area contributed by atoms with Crippen LogP contribution in [-0.4, -0.2) is 159 Å². The molecule has 0 aliphatic rings.